The number of nitrogens with zero attached hydrogens (tertiary/aromatic N) is 1. The Morgan fingerprint density at radius 2 is 1.74 bits per heavy atom. The minimum atomic E-state index is -0.494. The number of hydrogen-bond donors (Lipinski definition) is 2. The first-order chi connectivity index (χ1) is 11.1. The standard InChI is InChI=1S/C17H10ClN3O2/c18-11-7-5-10(6-8-11)15(22)13(9-19)16-20-14-4-2-1-3-12(14)17(23)21-16/h1-8,20H,(H,21,23). The molecule has 0 unspecified atom stereocenters. The predicted molar refractivity (Wildman–Crippen MR) is 86.0 cm³/mol. The lowest BCUT2D eigenvalue weighted by atomic mass is 10.0. The topological polar surface area (TPSA) is 82.0 Å². The van der Waals surface area contributed by atoms with Gasteiger partial charge in [-0.15, -0.1) is 0 Å². The van der Waals surface area contributed by atoms with Crippen molar-refractivity contribution in [1.82, 2.24) is 5.32 Å². The highest BCUT2D eigenvalue weighted by Crippen LogP contribution is 2.23. The summed E-state index contributed by atoms with van der Waals surface area (Å²) in [5, 5.41) is 15.3. The second-order valence-corrected chi connectivity index (χ2v) is 5.26. The summed E-state index contributed by atoms with van der Waals surface area (Å²) in [6, 6.07) is 14.9. The summed E-state index contributed by atoms with van der Waals surface area (Å²) in [5.74, 6) is -0.784. The van der Waals surface area contributed by atoms with Crippen molar-refractivity contribution < 1.29 is 9.59 Å². The number of anilines is 1. The smallest absolute Gasteiger partial charge is 0.258 e. The molecule has 2 aromatic rings. The first-order valence-corrected chi connectivity index (χ1v) is 7.10. The summed E-state index contributed by atoms with van der Waals surface area (Å²) in [6.45, 7) is 0. The van der Waals surface area contributed by atoms with Crippen molar-refractivity contribution in [3.05, 3.63) is 76.1 Å². The van der Waals surface area contributed by atoms with Crippen LogP contribution in [-0.4, -0.2) is 11.7 Å². The van der Waals surface area contributed by atoms with E-state index in [4.69, 9.17) is 11.6 Å². The average Bonchev–Trinajstić information content (AvgIpc) is 2.56. The van der Waals surface area contributed by atoms with Gasteiger partial charge in [-0.25, -0.2) is 0 Å². The molecule has 23 heavy (non-hydrogen) atoms. The number of rotatable bonds is 2. The maximum absolute atomic E-state index is 12.5. The molecular weight excluding hydrogens is 314 g/mol. The van der Waals surface area contributed by atoms with Crippen molar-refractivity contribution in [1.29, 1.82) is 5.26 Å². The minimum Gasteiger partial charge on any atom is -0.340 e. The monoisotopic (exact) mass is 323 g/mol. The van der Waals surface area contributed by atoms with Crippen LogP contribution < -0.4 is 10.6 Å². The molecule has 1 aliphatic heterocycles. The Morgan fingerprint density at radius 1 is 1.04 bits per heavy atom. The van der Waals surface area contributed by atoms with Crippen molar-refractivity contribution in [3.8, 4) is 6.07 Å². The van der Waals surface area contributed by atoms with E-state index in [2.05, 4.69) is 10.6 Å². The largest absolute Gasteiger partial charge is 0.340 e. The van der Waals surface area contributed by atoms with Crippen LogP contribution in [0.1, 0.15) is 20.7 Å². The van der Waals surface area contributed by atoms with Crippen LogP contribution in [0.4, 0.5) is 5.69 Å². The van der Waals surface area contributed by atoms with Crippen LogP contribution in [0, 0.1) is 11.3 Å². The lowest BCUT2D eigenvalue weighted by Crippen LogP contribution is -2.34. The number of carbonyl (C=O) groups is 2. The van der Waals surface area contributed by atoms with Gasteiger partial charge in [-0.3, -0.25) is 9.59 Å². The number of Topliss-reactive ketones (excluding diaryl/α,β-unsaturated/α-hetero) is 1. The van der Waals surface area contributed by atoms with Gasteiger partial charge in [0.05, 0.1) is 11.3 Å². The van der Waals surface area contributed by atoms with Crippen LogP contribution >= 0.6 is 11.6 Å². The van der Waals surface area contributed by atoms with E-state index < -0.39 is 5.78 Å². The number of nitriles is 1. The molecule has 0 spiro atoms. The molecule has 2 aromatic carbocycles. The number of carbonyl (C=O) groups excluding carboxylic acids is 2. The minimum absolute atomic E-state index is 0.0798. The van der Waals surface area contributed by atoms with E-state index in [-0.39, 0.29) is 17.3 Å². The van der Waals surface area contributed by atoms with Crippen molar-refractivity contribution >= 4 is 29.0 Å². The zero-order valence-electron chi connectivity index (χ0n) is 11.8. The van der Waals surface area contributed by atoms with Crippen LogP contribution in [0.2, 0.25) is 5.02 Å². The van der Waals surface area contributed by atoms with Crippen LogP contribution in [0.15, 0.2) is 59.9 Å². The predicted octanol–water partition coefficient (Wildman–Crippen LogP) is 3.11. The normalized spacial score (nSPS) is 14.9. The molecule has 5 nitrogen and oxygen atoms in total. The molecule has 0 radical (unpaired) electrons. The van der Waals surface area contributed by atoms with E-state index in [0.29, 0.717) is 21.8 Å². The molecule has 1 amide bonds. The van der Waals surface area contributed by atoms with Gasteiger partial charge in [0, 0.05) is 10.6 Å². The molecule has 112 valence electrons. The number of allylic oxidation sites excluding steroid dienone is 1. The van der Waals surface area contributed by atoms with Crippen molar-refractivity contribution in [2.75, 3.05) is 5.32 Å². The van der Waals surface area contributed by atoms with Gasteiger partial charge >= 0.3 is 0 Å². The quantitative estimate of drug-likeness (QED) is 0.505. The molecule has 1 aliphatic rings. The first-order valence-electron chi connectivity index (χ1n) is 6.72. The van der Waals surface area contributed by atoms with Crippen LogP contribution in [0.25, 0.3) is 0 Å². The highest BCUT2D eigenvalue weighted by atomic mass is 35.5. The Labute approximate surface area is 137 Å². The van der Waals surface area contributed by atoms with Crippen molar-refractivity contribution in [3.63, 3.8) is 0 Å². The molecule has 0 aromatic heterocycles. The molecule has 0 bridgehead atoms. The van der Waals surface area contributed by atoms with Crippen LogP contribution in [0.3, 0.4) is 0 Å². The number of benzene rings is 2. The average molecular weight is 324 g/mol. The number of halogens is 1. The van der Waals surface area contributed by atoms with Gasteiger partial charge in [0.1, 0.15) is 17.5 Å². The molecular formula is C17H10ClN3O2. The van der Waals surface area contributed by atoms with Gasteiger partial charge in [-0.2, -0.15) is 5.26 Å². The Bertz CT molecular complexity index is 879. The number of para-hydroxylation sites is 1. The molecule has 1 heterocycles. The Balaban J connectivity index is 2.02. The zero-order valence-corrected chi connectivity index (χ0v) is 12.5. The molecule has 6 heteroatoms. The fraction of sp³-hybridized carbons (Fsp3) is 0. The molecule has 3 rings (SSSR count). The van der Waals surface area contributed by atoms with Gasteiger partial charge < -0.3 is 10.6 Å². The molecule has 0 saturated heterocycles. The van der Waals surface area contributed by atoms with Gasteiger partial charge in [0.2, 0.25) is 5.78 Å². The Morgan fingerprint density at radius 3 is 2.43 bits per heavy atom. The molecule has 0 atom stereocenters. The fourth-order valence-electron chi connectivity index (χ4n) is 2.23. The fourth-order valence-corrected chi connectivity index (χ4v) is 2.35. The second kappa shape index (κ2) is 5.95. The van der Waals surface area contributed by atoms with E-state index in [0.717, 1.165) is 0 Å². The number of ketones is 1. The number of amides is 1. The van der Waals surface area contributed by atoms with E-state index >= 15 is 0 Å². The number of nitrogens with one attached hydrogen (secondary N) is 2. The molecule has 2 N–H and O–H groups in total. The summed E-state index contributed by atoms with van der Waals surface area (Å²) in [7, 11) is 0. The van der Waals surface area contributed by atoms with Gasteiger partial charge in [0.25, 0.3) is 5.91 Å². The molecule has 0 fully saturated rings. The highest BCUT2D eigenvalue weighted by molar-refractivity contribution is 6.30. The van der Waals surface area contributed by atoms with Gasteiger partial charge in [0.15, 0.2) is 0 Å². The lowest BCUT2D eigenvalue weighted by molar-refractivity contribution is 0.0963. The summed E-state index contributed by atoms with van der Waals surface area (Å²) in [4.78, 5) is 24.6. The van der Waals surface area contributed by atoms with E-state index in [1.54, 1.807) is 36.4 Å². The highest BCUT2D eigenvalue weighted by Gasteiger charge is 2.25. The van der Waals surface area contributed by atoms with Crippen molar-refractivity contribution in [2.45, 2.75) is 0 Å². The Hall–Kier alpha value is -3.10. The second-order valence-electron chi connectivity index (χ2n) is 4.82. The van der Waals surface area contributed by atoms with Gasteiger partial charge in [-0.05, 0) is 36.4 Å². The lowest BCUT2D eigenvalue weighted by Gasteiger charge is -2.21. The molecule has 0 aliphatic carbocycles. The summed E-state index contributed by atoms with van der Waals surface area (Å²) < 4.78 is 0. The SMILES string of the molecule is N#CC(C(=O)c1ccc(Cl)cc1)=C1NC(=O)c2ccccc2N1. The number of hydrogen-bond acceptors (Lipinski definition) is 4. The molecule has 0 saturated carbocycles. The Kier molecular flexibility index (Phi) is 3.83. The van der Waals surface area contributed by atoms with Crippen LogP contribution in [0.5, 0.6) is 0 Å². The summed E-state index contributed by atoms with van der Waals surface area (Å²) in [6.07, 6.45) is 0. The zero-order chi connectivity index (χ0) is 16.4. The van der Waals surface area contributed by atoms with E-state index in [9.17, 15) is 14.9 Å². The maximum atomic E-state index is 12.5. The number of fused-ring (bicyclic) bond motifs is 1. The maximum Gasteiger partial charge on any atom is 0.258 e. The van der Waals surface area contributed by atoms with E-state index in [1.165, 1.54) is 12.1 Å². The summed E-state index contributed by atoms with van der Waals surface area (Å²) in [5.41, 5.74) is 1.14. The van der Waals surface area contributed by atoms with Gasteiger partial charge in [-0.1, -0.05) is 23.7 Å². The van der Waals surface area contributed by atoms with Crippen molar-refractivity contribution in [2.24, 2.45) is 0 Å². The third-order valence-electron chi connectivity index (χ3n) is 3.37. The van der Waals surface area contributed by atoms with Crippen LogP contribution in [-0.2, 0) is 0 Å². The third-order valence-corrected chi connectivity index (χ3v) is 3.62. The third kappa shape index (κ3) is 2.80. The first kappa shape index (κ1) is 14.8. The van der Waals surface area contributed by atoms with E-state index in [1.807, 2.05) is 6.07 Å². The summed E-state index contributed by atoms with van der Waals surface area (Å²) >= 11 is 5.80.